The van der Waals surface area contributed by atoms with Crippen LogP contribution < -0.4 is 0 Å². The first-order valence-electron chi connectivity index (χ1n) is 5.65. The van der Waals surface area contributed by atoms with Crippen LogP contribution in [0.3, 0.4) is 0 Å². The van der Waals surface area contributed by atoms with Crippen LogP contribution in [-0.4, -0.2) is 25.3 Å². The average molecular weight is 232 g/mol. The van der Waals surface area contributed by atoms with Crippen molar-refractivity contribution < 1.29 is 4.79 Å². The van der Waals surface area contributed by atoms with Crippen molar-refractivity contribution in [1.29, 1.82) is 0 Å². The molecule has 0 amide bonds. The summed E-state index contributed by atoms with van der Waals surface area (Å²) in [5.74, 6) is 0.0891. The molecule has 0 N–H and O–H groups in total. The Morgan fingerprint density at radius 2 is 2.12 bits per heavy atom. The molecule has 17 heavy (non-hydrogen) atoms. The topological polar surface area (TPSA) is 52.7 Å². The lowest BCUT2D eigenvalue weighted by molar-refractivity contribution is 0.0992. The van der Waals surface area contributed by atoms with Crippen molar-refractivity contribution in [3.05, 3.63) is 35.4 Å². The van der Waals surface area contributed by atoms with E-state index in [-0.39, 0.29) is 5.78 Å². The summed E-state index contributed by atoms with van der Waals surface area (Å²) in [6, 6.07) is 0. The third-order valence-corrected chi connectivity index (χ3v) is 2.91. The summed E-state index contributed by atoms with van der Waals surface area (Å²) >= 11 is 0. The molecule has 0 unspecified atom stereocenters. The van der Waals surface area contributed by atoms with Crippen LogP contribution in [0, 0.1) is 6.92 Å². The van der Waals surface area contributed by atoms with Gasteiger partial charge in [0.1, 0.15) is 0 Å². The molecule has 0 radical (unpaired) electrons. The molecule has 2 aromatic rings. The molecule has 5 nitrogen and oxygen atoms in total. The number of nitrogens with zero attached hydrogens (tertiary/aromatic N) is 4. The zero-order valence-corrected chi connectivity index (χ0v) is 10.3. The quantitative estimate of drug-likeness (QED) is 0.748. The van der Waals surface area contributed by atoms with Crippen LogP contribution in [0.25, 0.3) is 0 Å². The number of aromatic nitrogens is 4. The molecule has 0 fully saturated rings. The fraction of sp³-hybridized carbons (Fsp3) is 0.417. The van der Waals surface area contributed by atoms with E-state index in [0.29, 0.717) is 12.0 Å². The number of carbonyl (C=O) groups is 1. The Balaban J connectivity index is 2.14. The van der Waals surface area contributed by atoms with E-state index >= 15 is 0 Å². The van der Waals surface area contributed by atoms with Gasteiger partial charge in [-0.25, -0.2) is 0 Å². The zero-order valence-electron chi connectivity index (χ0n) is 10.3. The molecule has 0 bridgehead atoms. The number of hydrogen-bond donors (Lipinski definition) is 0. The van der Waals surface area contributed by atoms with Crippen LogP contribution in [0.4, 0.5) is 0 Å². The predicted molar refractivity (Wildman–Crippen MR) is 63.9 cm³/mol. The smallest absolute Gasteiger partial charge is 0.170 e. The van der Waals surface area contributed by atoms with Crippen molar-refractivity contribution in [2.45, 2.75) is 26.8 Å². The molecular weight excluding hydrogens is 216 g/mol. The Morgan fingerprint density at radius 3 is 2.65 bits per heavy atom. The number of carbonyl (C=O) groups excluding carboxylic acids is 1. The second-order valence-electron chi connectivity index (χ2n) is 4.07. The molecule has 0 saturated heterocycles. The number of Topliss-reactive ketones (excluding diaryl/α,β-unsaturated/α-hetero) is 1. The molecule has 0 atom stereocenters. The van der Waals surface area contributed by atoms with Gasteiger partial charge in [-0.3, -0.25) is 14.2 Å². The number of rotatable bonds is 4. The number of hydrogen-bond acceptors (Lipinski definition) is 3. The maximum absolute atomic E-state index is 12.1. The summed E-state index contributed by atoms with van der Waals surface area (Å²) in [7, 11) is 1.83. The third-order valence-electron chi connectivity index (χ3n) is 2.91. The van der Waals surface area contributed by atoms with Crippen molar-refractivity contribution in [2.24, 2.45) is 7.05 Å². The minimum atomic E-state index is 0.0891. The van der Waals surface area contributed by atoms with Gasteiger partial charge in [-0.2, -0.15) is 10.2 Å². The van der Waals surface area contributed by atoms with E-state index in [2.05, 4.69) is 10.2 Å². The Morgan fingerprint density at radius 1 is 1.35 bits per heavy atom. The van der Waals surface area contributed by atoms with Gasteiger partial charge in [-0.15, -0.1) is 0 Å². The van der Waals surface area contributed by atoms with Crippen molar-refractivity contribution in [2.75, 3.05) is 0 Å². The largest absolute Gasteiger partial charge is 0.294 e. The third kappa shape index (κ3) is 2.27. The second-order valence-corrected chi connectivity index (χ2v) is 4.07. The van der Waals surface area contributed by atoms with Crippen molar-refractivity contribution >= 4 is 5.78 Å². The van der Waals surface area contributed by atoms with Crippen LogP contribution in [-0.2, 0) is 20.0 Å². The van der Waals surface area contributed by atoms with E-state index < -0.39 is 0 Å². The van der Waals surface area contributed by atoms with Crippen LogP contribution in [0.5, 0.6) is 0 Å². The van der Waals surface area contributed by atoms with Crippen LogP contribution >= 0.6 is 0 Å². The number of ketones is 1. The summed E-state index contributed by atoms with van der Waals surface area (Å²) < 4.78 is 3.53. The fourth-order valence-electron chi connectivity index (χ4n) is 1.72. The first-order chi connectivity index (χ1) is 8.11. The van der Waals surface area contributed by atoms with Gasteiger partial charge < -0.3 is 0 Å². The van der Waals surface area contributed by atoms with Gasteiger partial charge in [0.25, 0.3) is 0 Å². The van der Waals surface area contributed by atoms with Gasteiger partial charge in [0, 0.05) is 31.9 Å². The summed E-state index contributed by atoms with van der Waals surface area (Å²) in [6.45, 7) is 4.74. The van der Waals surface area contributed by atoms with Gasteiger partial charge in [-0.05, 0) is 19.4 Å². The van der Waals surface area contributed by atoms with E-state index in [1.54, 1.807) is 17.1 Å². The predicted octanol–water partition coefficient (Wildman–Crippen LogP) is 1.37. The molecule has 5 heteroatoms. The lowest BCUT2D eigenvalue weighted by Gasteiger charge is -1.98. The molecule has 0 saturated carbocycles. The Labute approximate surface area is 100 Å². The lowest BCUT2D eigenvalue weighted by Crippen LogP contribution is -2.05. The SMILES string of the molecule is CCn1cc(CC(=O)c2cnn(C)c2C)cn1. The highest BCUT2D eigenvalue weighted by atomic mass is 16.1. The molecule has 0 spiro atoms. The molecule has 2 heterocycles. The van der Waals surface area contributed by atoms with Crippen molar-refractivity contribution in [3.8, 4) is 0 Å². The Kier molecular flexibility index (Phi) is 3.08. The molecule has 0 aliphatic rings. The maximum atomic E-state index is 12.1. The number of aryl methyl sites for hydroxylation is 2. The van der Waals surface area contributed by atoms with Crippen molar-refractivity contribution in [3.63, 3.8) is 0 Å². The Hall–Kier alpha value is -1.91. The average Bonchev–Trinajstić information content (AvgIpc) is 2.88. The molecule has 2 aromatic heterocycles. The molecule has 90 valence electrons. The van der Waals surface area contributed by atoms with Gasteiger partial charge in [0.15, 0.2) is 5.78 Å². The first-order valence-corrected chi connectivity index (χ1v) is 5.65. The van der Waals surface area contributed by atoms with Crippen LogP contribution in [0.1, 0.15) is 28.5 Å². The van der Waals surface area contributed by atoms with Crippen LogP contribution in [0.2, 0.25) is 0 Å². The highest BCUT2D eigenvalue weighted by Gasteiger charge is 2.14. The Bertz CT molecular complexity index is 538. The fourth-order valence-corrected chi connectivity index (χ4v) is 1.72. The van der Waals surface area contributed by atoms with Gasteiger partial charge >= 0.3 is 0 Å². The van der Waals surface area contributed by atoms with E-state index in [1.165, 1.54) is 0 Å². The maximum Gasteiger partial charge on any atom is 0.170 e. The summed E-state index contributed by atoms with van der Waals surface area (Å²) in [6.07, 6.45) is 5.66. The molecule has 0 aromatic carbocycles. The minimum absolute atomic E-state index is 0.0891. The van der Waals surface area contributed by atoms with Gasteiger partial charge in [0.05, 0.1) is 18.0 Å². The normalized spacial score (nSPS) is 10.8. The minimum Gasteiger partial charge on any atom is -0.294 e. The van der Waals surface area contributed by atoms with Crippen LogP contribution in [0.15, 0.2) is 18.6 Å². The zero-order chi connectivity index (χ0) is 12.4. The van der Waals surface area contributed by atoms with E-state index in [9.17, 15) is 4.79 Å². The van der Waals surface area contributed by atoms with E-state index in [4.69, 9.17) is 0 Å². The summed E-state index contributed by atoms with van der Waals surface area (Å²) in [5, 5.41) is 8.23. The monoisotopic (exact) mass is 232 g/mol. The molecule has 2 rings (SSSR count). The highest BCUT2D eigenvalue weighted by molar-refractivity contribution is 5.98. The standard InChI is InChI=1S/C12H16N4O/c1-4-16-8-10(6-14-16)5-12(17)11-7-13-15(3)9(11)2/h6-8H,4-5H2,1-3H3. The van der Waals surface area contributed by atoms with E-state index in [1.807, 2.05) is 31.8 Å². The highest BCUT2D eigenvalue weighted by Crippen LogP contribution is 2.10. The molecule has 0 aliphatic heterocycles. The summed E-state index contributed by atoms with van der Waals surface area (Å²) in [5.41, 5.74) is 2.54. The molecular formula is C12H16N4O. The van der Waals surface area contributed by atoms with E-state index in [0.717, 1.165) is 17.8 Å². The van der Waals surface area contributed by atoms with Crippen molar-refractivity contribution in [1.82, 2.24) is 19.6 Å². The van der Waals surface area contributed by atoms with Gasteiger partial charge in [0.2, 0.25) is 0 Å². The first kappa shape index (κ1) is 11.6. The molecule has 0 aliphatic carbocycles. The summed E-state index contributed by atoms with van der Waals surface area (Å²) in [4.78, 5) is 12.1. The van der Waals surface area contributed by atoms with Gasteiger partial charge in [-0.1, -0.05) is 0 Å². The lowest BCUT2D eigenvalue weighted by atomic mass is 10.1. The second kappa shape index (κ2) is 4.53.